The number of esters is 1. The van der Waals surface area contributed by atoms with E-state index >= 15 is 0 Å². The second kappa shape index (κ2) is 11.9. The van der Waals surface area contributed by atoms with Crippen LogP contribution in [0.4, 0.5) is 10.1 Å². The Kier molecular flexibility index (Phi) is 8.48. The molecule has 1 aromatic heterocycles. The van der Waals surface area contributed by atoms with E-state index < -0.39 is 17.8 Å². The van der Waals surface area contributed by atoms with Crippen LogP contribution < -0.4 is 10.2 Å². The normalized spacial score (nSPS) is 14.6. The summed E-state index contributed by atoms with van der Waals surface area (Å²) in [6, 6.07) is 14.8. The molecular weight excluding hydrogens is 479 g/mol. The molecule has 2 amide bonds. The van der Waals surface area contributed by atoms with E-state index in [1.807, 2.05) is 17.5 Å². The van der Waals surface area contributed by atoms with E-state index in [9.17, 15) is 18.8 Å². The van der Waals surface area contributed by atoms with Gasteiger partial charge >= 0.3 is 5.97 Å². The lowest BCUT2D eigenvalue weighted by atomic mass is 9.94. The van der Waals surface area contributed by atoms with Crippen molar-refractivity contribution in [3.8, 4) is 0 Å². The molecule has 0 saturated heterocycles. The van der Waals surface area contributed by atoms with Gasteiger partial charge in [-0.3, -0.25) is 14.5 Å². The van der Waals surface area contributed by atoms with Crippen LogP contribution in [-0.4, -0.2) is 30.9 Å². The minimum Gasteiger partial charge on any atom is -0.465 e. The van der Waals surface area contributed by atoms with E-state index in [0.29, 0.717) is 11.3 Å². The molecule has 4 rings (SSSR count). The Hall–Kier alpha value is -3.52. The molecule has 1 fully saturated rings. The molecule has 0 spiro atoms. The highest BCUT2D eigenvalue weighted by molar-refractivity contribution is 7.10. The largest absolute Gasteiger partial charge is 0.465 e. The van der Waals surface area contributed by atoms with Crippen molar-refractivity contribution in [1.29, 1.82) is 0 Å². The summed E-state index contributed by atoms with van der Waals surface area (Å²) in [5, 5.41) is 5.02. The highest BCUT2D eigenvalue weighted by Gasteiger charge is 2.34. The molecule has 0 aliphatic heterocycles. The van der Waals surface area contributed by atoms with E-state index in [-0.39, 0.29) is 29.8 Å². The van der Waals surface area contributed by atoms with Crippen molar-refractivity contribution in [2.75, 3.05) is 12.0 Å². The summed E-state index contributed by atoms with van der Waals surface area (Å²) in [7, 11) is 1.29. The Bertz CT molecular complexity index is 1190. The van der Waals surface area contributed by atoms with Gasteiger partial charge in [0.25, 0.3) is 0 Å². The van der Waals surface area contributed by atoms with Gasteiger partial charge in [-0.25, -0.2) is 9.18 Å². The first-order valence-corrected chi connectivity index (χ1v) is 12.9. The van der Waals surface area contributed by atoms with E-state index in [2.05, 4.69) is 5.32 Å². The third-order valence-electron chi connectivity index (χ3n) is 6.36. The molecule has 1 aliphatic carbocycles. The molecule has 0 unspecified atom stereocenters. The minimum absolute atomic E-state index is 0.0184. The lowest BCUT2D eigenvalue weighted by Crippen LogP contribution is -2.47. The number of amides is 2. The van der Waals surface area contributed by atoms with E-state index in [0.717, 1.165) is 37.0 Å². The van der Waals surface area contributed by atoms with Crippen LogP contribution in [0.15, 0.2) is 66.0 Å². The van der Waals surface area contributed by atoms with Crippen LogP contribution >= 0.6 is 11.3 Å². The van der Waals surface area contributed by atoms with Crippen molar-refractivity contribution in [3.05, 3.63) is 87.9 Å². The molecule has 6 nitrogen and oxygen atoms in total. The highest BCUT2D eigenvalue weighted by atomic mass is 32.1. The second-order valence-electron chi connectivity index (χ2n) is 8.86. The molecule has 0 radical (unpaired) electrons. The van der Waals surface area contributed by atoms with Gasteiger partial charge in [0.2, 0.25) is 11.8 Å². The Labute approximate surface area is 214 Å². The molecule has 8 heteroatoms. The van der Waals surface area contributed by atoms with Gasteiger partial charge < -0.3 is 10.1 Å². The fourth-order valence-corrected chi connectivity index (χ4v) is 5.27. The summed E-state index contributed by atoms with van der Waals surface area (Å²) in [5.41, 5.74) is 1.12. The van der Waals surface area contributed by atoms with Gasteiger partial charge in [-0.15, -0.1) is 11.3 Å². The van der Waals surface area contributed by atoms with Gasteiger partial charge in [-0.1, -0.05) is 43.5 Å². The molecule has 1 heterocycles. The summed E-state index contributed by atoms with van der Waals surface area (Å²) in [5.74, 6) is -1.63. The van der Waals surface area contributed by atoms with Gasteiger partial charge in [0.15, 0.2) is 0 Å². The van der Waals surface area contributed by atoms with E-state index in [4.69, 9.17) is 4.74 Å². The minimum atomic E-state index is -1.05. The first-order chi connectivity index (χ1) is 17.5. The maximum atomic E-state index is 13.8. The van der Waals surface area contributed by atoms with Crippen molar-refractivity contribution < 1.29 is 23.5 Å². The van der Waals surface area contributed by atoms with Crippen LogP contribution in [-0.2, 0) is 20.7 Å². The van der Waals surface area contributed by atoms with Crippen molar-refractivity contribution in [2.24, 2.45) is 0 Å². The van der Waals surface area contributed by atoms with Crippen LogP contribution in [0.1, 0.15) is 58.9 Å². The number of benzene rings is 2. The number of methoxy groups -OCH3 is 1. The summed E-state index contributed by atoms with van der Waals surface area (Å²) >= 11 is 1.45. The van der Waals surface area contributed by atoms with Gasteiger partial charge in [0, 0.05) is 16.6 Å². The molecule has 3 aromatic rings. The molecule has 36 heavy (non-hydrogen) atoms. The Morgan fingerprint density at radius 1 is 1.06 bits per heavy atom. The Balaban J connectivity index is 1.78. The van der Waals surface area contributed by atoms with Gasteiger partial charge in [-0.05, 0) is 60.2 Å². The average Bonchev–Trinajstić information content (AvgIpc) is 3.41. The smallest absolute Gasteiger partial charge is 0.337 e. The fourth-order valence-electron chi connectivity index (χ4n) is 4.57. The van der Waals surface area contributed by atoms with Crippen LogP contribution in [0.5, 0.6) is 0 Å². The number of carbonyl (C=O) groups excluding carboxylic acids is 3. The summed E-state index contributed by atoms with van der Waals surface area (Å²) in [6.07, 6.45) is 5.04. The standard InChI is InChI=1S/C28H29FN2O4S/c1-35-28(34)20-7-5-10-23(17-20)31(25(32)18-24-11-6-16-36-24)26(19-12-14-21(29)15-13-19)27(33)30-22-8-3-2-4-9-22/h5-7,10-17,22,26H,2-4,8-9,18H2,1H3,(H,30,33)/t26-/m1/s1. The maximum Gasteiger partial charge on any atom is 0.337 e. The van der Waals surface area contributed by atoms with Crippen molar-refractivity contribution in [1.82, 2.24) is 5.32 Å². The van der Waals surface area contributed by atoms with Crippen molar-refractivity contribution >= 4 is 34.8 Å². The first kappa shape index (κ1) is 25.6. The number of thiophene rings is 1. The van der Waals surface area contributed by atoms with Crippen LogP contribution in [0.2, 0.25) is 0 Å². The number of carbonyl (C=O) groups is 3. The number of nitrogens with zero attached hydrogens (tertiary/aromatic N) is 1. The molecular formula is C28H29FN2O4S. The van der Waals surface area contributed by atoms with Crippen LogP contribution in [0, 0.1) is 5.82 Å². The van der Waals surface area contributed by atoms with E-state index in [1.165, 1.54) is 47.6 Å². The van der Waals surface area contributed by atoms with Gasteiger partial charge in [0.1, 0.15) is 11.9 Å². The molecule has 2 aromatic carbocycles. The predicted octanol–water partition coefficient (Wildman–Crippen LogP) is 5.44. The van der Waals surface area contributed by atoms with Crippen LogP contribution in [0.3, 0.4) is 0 Å². The lowest BCUT2D eigenvalue weighted by Gasteiger charge is -2.33. The summed E-state index contributed by atoms with van der Waals surface area (Å²) < 4.78 is 18.7. The quantitative estimate of drug-likeness (QED) is 0.411. The monoisotopic (exact) mass is 508 g/mol. The lowest BCUT2D eigenvalue weighted by molar-refractivity contribution is -0.127. The van der Waals surface area contributed by atoms with Crippen molar-refractivity contribution in [2.45, 2.75) is 50.6 Å². The number of hydrogen-bond donors (Lipinski definition) is 1. The number of halogens is 1. The topological polar surface area (TPSA) is 75.7 Å². The fraction of sp³-hybridized carbons (Fsp3) is 0.321. The third kappa shape index (κ3) is 6.18. The number of hydrogen-bond acceptors (Lipinski definition) is 5. The molecule has 1 aliphatic rings. The molecule has 1 atom stereocenters. The van der Waals surface area contributed by atoms with Gasteiger partial charge in [0.05, 0.1) is 19.1 Å². The first-order valence-electron chi connectivity index (χ1n) is 12.0. The van der Waals surface area contributed by atoms with Crippen LogP contribution in [0.25, 0.3) is 0 Å². The Morgan fingerprint density at radius 3 is 2.47 bits per heavy atom. The zero-order valence-corrected chi connectivity index (χ0v) is 20.9. The Morgan fingerprint density at radius 2 is 1.81 bits per heavy atom. The molecule has 188 valence electrons. The third-order valence-corrected chi connectivity index (χ3v) is 7.24. The average molecular weight is 509 g/mol. The molecule has 1 saturated carbocycles. The zero-order chi connectivity index (χ0) is 25.5. The summed E-state index contributed by atoms with van der Waals surface area (Å²) in [4.78, 5) is 42.1. The number of rotatable bonds is 8. The SMILES string of the molecule is COC(=O)c1cccc(N(C(=O)Cc2cccs2)[C@@H](C(=O)NC2CCCCC2)c2ccc(F)cc2)c1. The highest BCUT2D eigenvalue weighted by Crippen LogP contribution is 2.31. The number of ether oxygens (including phenoxy) is 1. The molecule has 1 N–H and O–H groups in total. The second-order valence-corrected chi connectivity index (χ2v) is 9.89. The van der Waals surface area contributed by atoms with Crippen molar-refractivity contribution in [3.63, 3.8) is 0 Å². The number of nitrogens with one attached hydrogen (secondary N) is 1. The zero-order valence-electron chi connectivity index (χ0n) is 20.1. The van der Waals surface area contributed by atoms with E-state index in [1.54, 1.807) is 24.3 Å². The maximum absolute atomic E-state index is 13.8. The number of anilines is 1. The van der Waals surface area contributed by atoms with Gasteiger partial charge in [-0.2, -0.15) is 0 Å². The predicted molar refractivity (Wildman–Crippen MR) is 137 cm³/mol. The summed E-state index contributed by atoms with van der Waals surface area (Å²) in [6.45, 7) is 0. The molecule has 0 bridgehead atoms.